The van der Waals surface area contributed by atoms with Crippen LogP contribution in [0.3, 0.4) is 0 Å². The van der Waals surface area contributed by atoms with Crippen LogP contribution in [0, 0.1) is 0 Å². The molecular weight excluding hydrogens is 320 g/mol. The van der Waals surface area contributed by atoms with E-state index in [4.69, 9.17) is 16.6 Å². The van der Waals surface area contributed by atoms with Gasteiger partial charge >= 0.3 is 0 Å². The molecule has 8 heteroatoms. The number of hydrogen-bond acceptors (Lipinski definition) is 5. The predicted molar refractivity (Wildman–Crippen MR) is 85.4 cm³/mol. The molecule has 5 rings (SSSR count). The van der Waals surface area contributed by atoms with Crippen molar-refractivity contribution in [2.24, 2.45) is 7.05 Å². The number of thiophene rings is 1. The van der Waals surface area contributed by atoms with Crippen molar-refractivity contribution in [2.75, 3.05) is 0 Å². The first kappa shape index (κ1) is 12.5. The molecule has 0 N–H and O–H groups in total. The Morgan fingerprint density at radius 1 is 1.32 bits per heavy atom. The van der Waals surface area contributed by atoms with Crippen molar-refractivity contribution in [1.29, 1.82) is 0 Å². The van der Waals surface area contributed by atoms with Crippen LogP contribution in [0.5, 0.6) is 0 Å². The van der Waals surface area contributed by atoms with Crippen LogP contribution in [0.2, 0.25) is 5.02 Å². The van der Waals surface area contributed by atoms with E-state index in [1.165, 1.54) is 16.9 Å². The maximum absolute atomic E-state index is 6.21. The van der Waals surface area contributed by atoms with Crippen LogP contribution in [-0.4, -0.2) is 29.4 Å². The summed E-state index contributed by atoms with van der Waals surface area (Å²) in [5.41, 5.74) is 2.98. The Hall–Kier alpha value is -1.99. The summed E-state index contributed by atoms with van der Waals surface area (Å²) < 4.78 is 3.44. The lowest BCUT2D eigenvalue weighted by molar-refractivity contribution is 0.769. The Kier molecular flexibility index (Phi) is 2.43. The van der Waals surface area contributed by atoms with Gasteiger partial charge in [-0.2, -0.15) is 5.10 Å². The zero-order chi connectivity index (χ0) is 14.8. The second-order valence-corrected chi connectivity index (χ2v) is 6.94. The molecule has 0 fully saturated rings. The Labute approximate surface area is 134 Å². The first-order valence-electron chi connectivity index (χ1n) is 7.06. The van der Waals surface area contributed by atoms with E-state index >= 15 is 0 Å². The van der Waals surface area contributed by atoms with Crippen molar-refractivity contribution in [3.05, 3.63) is 28.0 Å². The summed E-state index contributed by atoms with van der Waals surface area (Å²) in [4.78, 5) is 11.8. The van der Waals surface area contributed by atoms with Crippen molar-refractivity contribution >= 4 is 38.8 Å². The van der Waals surface area contributed by atoms with Gasteiger partial charge in [0, 0.05) is 11.9 Å². The highest BCUT2D eigenvalue weighted by Crippen LogP contribution is 2.38. The molecule has 0 atom stereocenters. The Morgan fingerprint density at radius 2 is 2.23 bits per heavy atom. The third kappa shape index (κ3) is 1.55. The van der Waals surface area contributed by atoms with Gasteiger partial charge in [0.25, 0.3) is 0 Å². The van der Waals surface area contributed by atoms with Crippen LogP contribution in [0.4, 0.5) is 0 Å². The molecule has 0 aliphatic heterocycles. The number of nitrogens with zero attached hydrogens (tertiary/aromatic N) is 6. The van der Waals surface area contributed by atoms with E-state index in [9.17, 15) is 0 Å². The zero-order valence-corrected chi connectivity index (χ0v) is 13.3. The van der Waals surface area contributed by atoms with Crippen molar-refractivity contribution in [3.8, 4) is 11.5 Å². The summed E-state index contributed by atoms with van der Waals surface area (Å²) in [6.45, 7) is 0. The summed E-state index contributed by atoms with van der Waals surface area (Å²) in [6, 6.07) is 0. The fourth-order valence-corrected chi connectivity index (χ4v) is 4.63. The average molecular weight is 331 g/mol. The van der Waals surface area contributed by atoms with E-state index in [0.29, 0.717) is 10.8 Å². The SMILES string of the molecule is Cn1ncc(Cl)c1-c1nc2c3c4c(sc3ncn2n1)CCC4. The van der Waals surface area contributed by atoms with Gasteiger partial charge in [-0.05, 0) is 24.8 Å². The number of rotatable bonds is 1. The molecule has 0 amide bonds. The molecule has 0 saturated carbocycles. The highest BCUT2D eigenvalue weighted by molar-refractivity contribution is 7.19. The molecule has 0 aromatic carbocycles. The van der Waals surface area contributed by atoms with Gasteiger partial charge in [0.15, 0.2) is 5.65 Å². The standard InChI is InChI=1S/C14H11ClN6S/c1-20-11(8(15)5-17-20)12-18-13-10-7-3-2-4-9(7)22-14(10)16-6-21(13)19-12/h5-6H,2-4H2,1H3. The monoisotopic (exact) mass is 330 g/mol. The molecule has 4 aromatic heterocycles. The minimum absolute atomic E-state index is 0.554. The third-order valence-electron chi connectivity index (χ3n) is 4.15. The van der Waals surface area contributed by atoms with E-state index in [1.807, 2.05) is 7.05 Å². The molecule has 1 aliphatic rings. The van der Waals surface area contributed by atoms with Gasteiger partial charge in [-0.15, -0.1) is 16.4 Å². The van der Waals surface area contributed by atoms with Crippen molar-refractivity contribution in [1.82, 2.24) is 29.4 Å². The summed E-state index contributed by atoms with van der Waals surface area (Å²) in [7, 11) is 1.84. The highest BCUT2D eigenvalue weighted by Gasteiger charge is 2.23. The van der Waals surface area contributed by atoms with Gasteiger partial charge in [0.1, 0.15) is 16.9 Å². The topological polar surface area (TPSA) is 60.9 Å². The summed E-state index contributed by atoms with van der Waals surface area (Å²) in [5, 5.41) is 10.4. The normalized spacial score (nSPS) is 14.3. The molecule has 22 heavy (non-hydrogen) atoms. The number of hydrogen-bond donors (Lipinski definition) is 0. The molecule has 4 heterocycles. The molecule has 110 valence electrons. The van der Waals surface area contributed by atoms with E-state index < -0.39 is 0 Å². The number of aromatic nitrogens is 6. The molecule has 4 aromatic rings. The number of aryl methyl sites for hydroxylation is 3. The molecular formula is C14H11ClN6S. The minimum Gasteiger partial charge on any atom is -0.263 e. The zero-order valence-electron chi connectivity index (χ0n) is 11.7. The van der Waals surface area contributed by atoms with Crippen molar-refractivity contribution in [2.45, 2.75) is 19.3 Å². The quantitative estimate of drug-likeness (QED) is 0.538. The summed E-state index contributed by atoms with van der Waals surface area (Å²) >= 11 is 7.99. The molecule has 1 aliphatic carbocycles. The molecule has 0 saturated heterocycles. The van der Waals surface area contributed by atoms with Crippen molar-refractivity contribution < 1.29 is 0 Å². The van der Waals surface area contributed by atoms with Crippen LogP contribution >= 0.6 is 22.9 Å². The lowest BCUT2D eigenvalue weighted by Gasteiger charge is -1.95. The fraction of sp³-hybridized carbons (Fsp3) is 0.286. The smallest absolute Gasteiger partial charge is 0.202 e. The summed E-state index contributed by atoms with van der Waals surface area (Å²) in [6.07, 6.45) is 6.80. The Bertz CT molecular complexity index is 1020. The van der Waals surface area contributed by atoms with Gasteiger partial charge in [0.05, 0.1) is 16.6 Å². The highest BCUT2D eigenvalue weighted by atomic mass is 35.5. The fourth-order valence-electron chi connectivity index (χ4n) is 3.16. The minimum atomic E-state index is 0.554. The molecule has 0 spiro atoms. The predicted octanol–water partition coefficient (Wildman–Crippen LogP) is 2.88. The van der Waals surface area contributed by atoms with E-state index in [0.717, 1.165) is 34.4 Å². The van der Waals surface area contributed by atoms with Crippen LogP contribution in [0.1, 0.15) is 16.9 Å². The first-order chi connectivity index (χ1) is 10.7. The molecule has 0 unspecified atom stereocenters. The number of halogens is 1. The van der Waals surface area contributed by atoms with Gasteiger partial charge in [-0.1, -0.05) is 11.6 Å². The molecule has 0 bridgehead atoms. The van der Waals surface area contributed by atoms with Gasteiger partial charge in [-0.3, -0.25) is 4.68 Å². The average Bonchev–Trinajstić information content (AvgIpc) is 3.20. The second kappa shape index (κ2) is 4.27. The van der Waals surface area contributed by atoms with Gasteiger partial charge < -0.3 is 0 Å². The molecule has 0 radical (unpaired) electrons. The maximum atomic E-state index is 6.21. The maximum Gasteiger partial charge on any atom is 0.202 e. The van der Waals surface area contributed by atoms with Crippen LogP contribution in [-0.2, 0) is 19.9 Å². The van der Waals surface area contributed by atoms with E-state index in [-0.39, 0.29) is 0 Å². The van der Waals surface area contributed by atoms with E-state index in [2.05, 4.69) is 15.2 Å². The largest absolute Gasteiger partial charge is 0.263 e. The second-order valence-electron chi connectivity index (χ2n) is 5.45. The summed E-state index contributed by atoms with van der Waals surface area (Å²) in [5.74, 6) is 0.581. The van der Waals surface area contributed by atoms with Crippen LogP contribution < -0.4 is 0 Å². The van der Waals surface area contributed by atoms with Gasteiger partial charge in [-0.25, -0.2) is 14.5 Å². The molecule has 6 nitrogen and oxygen atoms in total. The Balaban J connectivity index is 1.85. The van der Waals surface area contributed by atoms with Crippen LogP contribution in [0.25, 0.3) is 27.4 Å². The first-order valence-corrected chi connectivity index (χ1v) is 8.25. The lowest BCUT2D eigenvalue weighted by atomic mass is 10.2. The number of fused-ring (bicyclic) bond motifs is 5. The van der Waals surface area contributed by atoms with Crippen LogP contribution in [0.15, 0.2) is 12.5 Å². The van der Waals surface area contributed by atoms with E-state index in [1.54, 1.807) is 33.1 Å². The third-order valence-corrected chi connectivity index (χ3v) is 5.62. The lowest BCUT2D eigenvalue weighted by Crippen LogP contribution is -1.95. The van der Waals surface area contributed by atoms with Gasteiger partial charge in [0.2, 0.25) is 5.82 Å². The Morgan fingerprint density at radius 3 is 3.05 bits per heavy atom. The van der Waals surface area contributed by atoms with Crippen molar-refractivity contribution in [3.63, 3.8) is 0 Å².